The lowest BCUT2D eigenvalue weighted by atomic mass is 10.2. The Bertz CT molecular complexity index is 672. The van der Waals surface area contributed by atoms with Crippen LogP contribution in [-0.4, -0.2) is 61.9 Å². The molecular formula is C12H14ClFN2O4S. The van der Waals surface area contributed by atoms with Crippen molar-refractivity contribution >= 4 is 27.6 Å². The number of rotatable bonds is 3. The summed E-state index contributed by atoms with van der Waals surface area (Å²) in [5.41, 5.74) is -0.439. The molecule has 0 radical (unpaired) electrons. The first kappa shape index (κ1) is 16.2. The zero-order valence-corrected chi connectivity index (χ0v) is 12.8. The highest BCUT2D eigenvalue weighted by atomic mass is 35.5. The summed E-state index contributed by atoms with van der Waals surface area (Å²) in [4.78, 5) is 12.3. The minimum Gasteiger partial charge on any atom is -0.478 e. The van der Waals surface area contributed by atoms with Crippen LogP contribution in [-0.2, 0) is 10.0 Å². The third kappa shape index (κ3) is 3.18. The summed E-state index contributed by atoms with van der Waals surface area (Å²) in [6.07, 6.45) is 0. The Morgan fingerprint density at radius 1 is 1.29 bits per heavy atom. The van der Waals surface area contributed by atoms with Crippen LogP contribution in [0.25, 0.3) is 0 Å². The van der Waals surface area contributed by atoms with E-state index in [9.17, 15) is 17.6 Å². The summed E-state index contributed by atoms with van der Waals surface area (Å²) in [7, 11) is -2.22. The summed E-state index contributed by atoms with van der Waals surface area (Å²) in [6.45, 7) is 1.51. The molecule has 1 aliphatic heterocycles. The van der Waals surface area contributed by atoms with Crippen LogP contribution in [0, 0.1) is 5.82 Å². The van der Waals surface area contributed by atoms with Crippen LogP contribution < -0.4 is 0 Å². The van der Waals surface area contributed by atoms with Crippen molar-refractivity contribution in [3.8, 4) is 0 Å². The predicted molar refractivity (Wildman–Crippen MR) is 74.6 cm³/mol. The van der Waals surface area contributed by atoms with Gasteiger partial charge in [0.2, 0.25) is 10.0 Å². The number of piperazine rings is 1. The van der Waals surface area contributed by atoms with Gasteiger partial charge in [0.05, 0.1) is 10.6 Å². The van der Waals surface area contributed by atoms with Gasteiger partial charge in [0.15, 0.2) is 0 Å². The number of nitrogens with zero attached hydrogens (tertiary/aromatic N) is 2. The van der Waals surface area contributed by atoms with Gasteiger partial charge in [0.25, 0.3) is 0 Å². The average molecular weight is 337 g/mol. The van der Waals surface area contributed by atoms with Crippen molar-refractivity contribution < 1.29 is 22.7 Å². The molecule has 1 N–H and O–H groups in total. The van der Waals surface area contributed by atoms with Gasteiger partial charge in [-0.2, -0.15) is 4.31 Å². The van der Waals surface area contributed by atoms with E-state index in [1.807, 2.05) is 11.9 Å². The Morgan fingerprint density at radius 2 is 1.86 bits per heavy atom. The number of sulfonamides is 1. The van der Waals surface area contributed by atoms with Gasteiger partial charge in [-0.3, -0.25) is 0 Å². The van der Waals surface area contributed by atoms with Gasteiger partial charge < -0.3 is 10.0 Å². The molecular weight excluding hydrogens is 323 g/mol. The highest BCUT2D eigenvalue weighted by Gasteiger charge is 2.31. The fourth-order valence-electron chi connectivity index (χ4n) is 2.06. The number of aromatic carboxylic acids is 1. The second kappa shape index (κ2) is 5.88. The van der Waals surface area contributed by atoms with Gasteiger partial charge in [-0.05, 0) is 19.2 Å². The van der Waals surface area contributed by atoms with E-state index in [4.69, 9.17) is 16.7 Å². The minimum absolute atomic E-state index is 0.226. The fourth-order valence-corrected chi connectivity index (χ4v) is 3.78. The van der Waals surface area contributed by atoms with Crippen LogP contribution in [0.4, 0.5) is 4.39 Å². The van der Waals surface area contributed by atoms with Gasteiger partial charge in [-0.15, -0.1) is 0 Å². The van der Waals surface area contributed by atoms with Crippen molar-refractivity contribution in [1.29, 1.82) is 0 Å². The average Bonchev–Trinajstić information content (AvgIpc) is 2.38. The monoisotopic (exact) mass is 336 g/mol. The molecule has 1 aromatic rings. The van der Waals surface area contributed by atoms with Crippen LogP contribution in [0.5, 0.6) is 0 Å². The predicted octanol–water partition coefficient (Wildman–Crippen LogP) is 1.11. The van der Waals surface area contributed by atoms with E-state index in [-0.39, 0.29) is 18.1 Å². The van der Waals surface area contributed by atoms with E-state index in [0.29, 0.717) is 19.2 Å². The second-order valence-corrected chi connectivity index (χ2v) is 7.09. The maximum absolute atomic E-state index is 13.9. The Morgan fingerprint density at radius 3 is 2.38 bits per heavy atom. The first-order valence-corrected chi connectivity index (χ1v) is 7.96. The number of carbonyl (C=O) groups is 1. The van der Waals surface area contributed by atoms with Crippen LogP contribution >= 0.6 is 11.6 Å². The summed E-state index contributed by atoms with van der Waals surface area (Å²) in [5.74, 6) is -2.46. The Balaban J connectivity index is 2.45. The smallest absolute Gasteiger partial charge is 0.337 e. The first-order chi connectivity index (χ1) is 9.73. The van der Waals surface area contributed by atoms with E-state index in [1.54, 1.807) is 0 Å². The summed E-state index contributed by atoms with van der Waals surface area (Å²) in [5, 5.41) is 8.63. The highest BCUT2D eigenvalue weighted by Crippen LogP contribution is 2.26. The molecule has 1 fully saturated rings. The van der Waals surface area contributed by atoms with Crippen LogP contribution in [0.3, 0.4) is 0 Å². The van der Waals surface area contributed by atoms with Gasteiger partial charge >= 0.3 is 5.97 Å². The third-order valence-electron chi connectivity index (χ3n) is 3.33. The molecule has 0 unspecified atom stereocenters. The van der Waals surface area contributed by atoms with E-state index in [2.05, 4.69) is 0 Å². The zero-order valence-electron chi connectivity index (χ0n) is 11.2. The molecule has 0 spiro atoms. The van der Waals surface area contributed by atoms with Gasteiger partial charge in [-0.25, -0.2) is 17.6 Å². The molecule has 1 aromatic carbocycles. The van der Waals surface area contributed by atoms with E-state index in [0.717, 1.165) is 10.4 Å². The van der Waals surface area contributed by atoms with Crippen molar-refractivity contribution in [3.05, 3.63) is 28.5 Å². The largest absolute Gasteiger partial charge is 0.478 e. The van der Waals surface area contributed by atoms with Crippen LogP contribution in [0.1, 0.15) is 10.4 Å². The molecule has 1 heterocycles. The summed E-state index contributed by atoms with van der Waals surface area (Å²) < 4.78 is 39.9. The third-order valence-corrected chi connectivity index (χ3v) is 5.56. The number of benzene rings is 1. The zero-order chi connectivity index (χ0) is 15.8. The van der Waals surface area contributed by atoms with Crippen LogP contribution in [0.15, 0.2) is 17.0 Å². The molecule has 6 nitrogen and oxygen atoms in total. The highest BCUT2D eigenvalue weighted by molar-refractivity contribution is 7.89. The van der Waals surface area contributed by atoms with Crippen LogP contribution in [0.2, 0.25) is 5.02 Å². The molecule has 9 heteroatoms. The normalized spacial score (nSPS) is 17.9. The molecule has 0 atom stereocenters. The maximum atomic E-state index is 13.9. The fraction of sp³-hybridized carbons (Fsp3) is 0.417. The SMILES string of the molecule is CN1CCN(S(=O)(=O)c2cc(C(=O)O)c(Cl)cc2F)CC1. The molecule has 21 heavy (non-hydrogen) atoms. The molecule has 0 aliphatic carbocycles. The molecule has 0 amide bonds. The first-order valence-electron chi connectivity index (χ1n) is 6.14. The number of likely N-dealkylation sites (N-methyl/N-ethyl adjacent to an activating group) is 1. The molecule has 116 valence electrons. The molecule has 2 rings (SSSR count). The van der Waals surface area contributed by atoms with E-state index in [1.165, 1.54) is 0 Å². The van der Waals surface area contributed by atoms with Crippen molar-refractivity contribution in [2.75, 3.05) is 33.2 Å². The summed E-state index contributed by atoms with van der Waals surface area (Å²) >= 11 is 5.62. The van der Waals surface area contributed by atoms with E-state index < -0.39 is 32.3 Å². The Labute approximate surface area is 126 Å². The molecule has 0 aromatic heterocycles. The van der Waals surface area contributed by atoms with Gasteiger partial charge in [0, 0.05) is 26.2 Å². The molecule has 0 saturated carbocycles. The number of hydrogen-bond acceptors (Lipinski definition) is 4. The maximum Gasteiger partial charge on any atom is 0.337 e. The lowest BCUT2D eigenvalue weighted by molar-refractivity contribution is 0.0696. The van der Waals surface area contributed by atoms with Crippen molar-refractivity contribution in [3.63, 3.8) is 0 Å². The minimum atomic E-state index is -4.08. The lowest BCUT2D eigenvalue weighted by Crippen LogP contribution is -2.47. The van der Waals surface area contributed by atoms with Crippen molar-refractivity contribution in [1.82, 2.24) is 9.21 Å². The van der Waals surface area contributed by atoms with Crippen molar-refractivity contribution in [2.24, 2.45) is 0 Å². The number of carboxylic acid groups (broad SMARTS) is 1. The number of halogens is 2. The van der Waals surface area contributed by atoms with E-state index >= 15 is 0 Å². The second-order valence-electron chi connectivity index (χ2n) is 4.77. The molecule has 0 bridgehead atoms. The molecule has 1 saturated heterocycles. The Kier molecular flexibility index (Phi) is 4.52. The topological polar surface area (TPSA) is 77.9 Å². The lowest BCUT2D eigenvalue weighted by Gasteiger charge is -2.31. The standard InChI is InChI=1S/C12H14ClFN2O4S/c1-15-2-4-16(5-3-15)21(19,20)11-6-8(12(17)18)9(13)7-10(11)14/h6-7H,2-5H2,1H3,(H,17,18). The van der Waals surface area contributed by atoms with Crippen molar-refractivity contribution in [2.45, 2.75) is 4.90 Å². The quantitative estimate of drug-likeness (QED) is 0.894. The molecule has 1 aliphatic rings. The number of hydrogen-bond donors (Lipinski definition) is 1. The van der Waals surface area contributed by atoms with Gasteiger partial charge in [-0.1, -0.05) is 11.6 Å². The summed E-state index contributed by atoms with van der Waals surface area (Å²) in [6, 6.07) is 1.49. The van der Waals surface area contributed by atoms with Gasteiger partial charge in [0.1, 0.15) is 10.7 Å². The number of carboxylic acids is 1. The Hall–Kier alpha value is -1.22.